The maximum Gasteiger partial charge on any atom is 0.133 e. The first-order chi connectivity index (χ1) is 7.17. The normalized spacial score (nSPS) is 10.9. The van der Waals surface area contributed by atoms with Crippen LogP contribution < -0.4 is 10.5 Å². The molecule has 0 amide bonds. The summed E-state index contributed by atoms with van der Waals surface area (Å²) in [5, 5.41) is 1.15. The van der Waals surface area contributed by atoms with Crippen LogP contribution in [0.5, 0.6) is 5.75 Å². The Bertz CT molecular complexity index is 505. The molecule has 0 saturated heterocycles. The van der Waals surface area contributed by atoms with Gasteiger partial charge >= 0.3 is 0 Å². The van der Waals surface area contributed by atoms with Gasteiger partial charge in [0.05, 0.1) is 11.6 Å². The number of benzene rings is 1. The van der Waals surface area contributed by atoms with Gasteiger partial charge in [-0.2, -0.15) is 0 Å². The maximum absolute atomic E-state index is 5.69. The van der Waals surface area contributed by atoms with Gasteiger partial charge in [0.25, 0.3) is 0 Å². The van der Waals surface area contributed by atoms with E-state index in [9.17, 15) is 0 Å². The van der Waals surface area contributed by atoms with Crippen LogP contribution in [0.4, 0.5) is 0 Å². The Morgan fingerprint density at radius 2 is 2.20 bits per heavy atom. The molecule has 0 bridgehead atoms. The van der Waals surface area contributed by atoms with E-state index in [0.29, 0.717) is 6.54 Å². The number of hydrogen-bond acceptors (Lipinski definition) is 2. The van der Waals surface area contributed by atoms with E-state index in [4.69, 9.17) is 10.5 Å². The third-order valence-corrected chi connectivity index (χ3v) is 3.19. The van der Waals surface area contributed by atoms with Gasteiger partial charge in [-0.25, -0.2) is 0 Å². The van der Waals surface area contributed by atoms with Gasteiger partial charge in [0.15, 0.2) is 0 Å². The zero-order valence-electron chi connectivity index (χ0n) is 8.75. The summed E-state index contributed by atoms with van der Waals surface area (Å²) in [6.45, 7) is 0.544. The van der Waals surface area contributed by atoms with Gasteiger partial charge in [-0.1, -0.05) is 0 Å². The summed E-state index contributed by atoms with van der Waals surface area (Å²) in [7, 11) is 3.68. The summed E-state index contributed by atoms with van der Waals surface area (Å²) < 4.78 is 8.30. The lowest BCUT2D eigenvalue weighted by molar-refractivity contribution is 0.413. The predicted octanol–water partition coefficient (Wildman–Crippen LogP) is 2.41. The molecule has 0 spiro atoms. The van der Waals surface area contributed by atoms with E-state index in [1.165, 1.54) is 0 Å². The van der Waals surface area contributed by atoms with Crippen LogP contribution in [0.1, 0.15) is 5.56 Å². The average Bonchev–Trinajstić information content (AvgIpc) is 2.54. The third-order valence-electron chi connectivity index (χ3n) is 2.57. The van der Waals surface area contributed by atoms with Crippen LogP contribution >= 0.6 is 15.9 Å². The van der Waals surface area contributed by atoms with Gasteiger partial charge in [-0.15, -0.1) is 0 Å². The molecular formula is C11H13BrN2O. The summed E-state index contributed by atoms with van der Waals surface area (Å²) >= 11 is 3.47. The van der Waals surface area contributed by atoms with Gasteiger partial charge in [-0.3, -0.25) is 0 Å². The molecular weight excluding hydrogens is 256 g/mol. The maximum atomic E-state index is 5.69. The first-order valence-corrected chi connectivity index (χ1v) is 5.48. The largest absolute Gasteiger partial charge is 0.496 e. The monoisotopic (exact) mass is 268 g/mol. The quantitative estimate of drug-likeness (QED) is 0.909. The second-order valence-electron chi connectivity index (χ2n) is 3.47. The van der Waals surface area contributed by atoms with Crippen molar-refractivity contribution in [2.75, 3.05) is 7.11 Å². The smallest absolute Gasteiger partial charge is 0.133 e. The van der Waals surface area contributed by atoms with E-state index in [2.05, 4.69) is 26.7 Å². The molecule has 2 rings (SSSR count). The van der Waals surface area contributed by atoms with E-state index >= 15 is 0 Å². The van der Waals surface area contributed by atoms with Gasteiger partial charge in [-0.05, 0) is 33.6 Å². The summed E-state index contributed by atoms with van der Waals surface area (Å²) in [6, 6.07) is 4.06. The molecule has 0 aliphatic carbocycles. The first kappa shape index (κ1) is 10.5. The lowest BCUT2D eigenvalue weighted by Gasteiger charge is -2.04. The number of methoxy groups -OCH3 is 1. The number of aryl methyl sites for hydroxylation is 1. The fourth-order valence-electron chi connectivity index (χ4n) is 1.78. The standard InChI is InChI=1S/C11H13BrN2O/c1-14-6-7(5-13)8-3-11(15-2)9(12)4-10(8)14/h3-4,6H,5,13H2,1-2H3. The molecule has 0 unspecified atom stereocenters. The molecule has 1 heterocycles. The Hall–Kier alpha value is -1.00. The summed E-state index contributed by atoms with van der Waals surface area (Å²) in [5.74, 6) is 0.836. The van der Waals surface area contributed by atoms with E-state index in [-0.39, 0.29) is 0 Å². The van der Waals surface area contributed by atoms with Crippen molar-refractivity contribution in [2.24, 2.45) is 12.8 Å². The number of fused-ring (bicyclic) bond motifs is 1. The Morgan fingerprint density at radius 3 is 2.80 bits per heavy atom. The van der Waals surface area contributed by atoms with E-state index < -0.39 is 0 Å². The molecule has 80 valence electrons. The average molecular weight is 269 g/mol. The van der Waals surface area contributed by atoms with Crippen LogP contribution in [0, 0.1) is 0 Å². The molecule has 4 heteroatoms. The first-order valence-electron chi connectivity index (χ1n) is 4.69. The Kier molecular flexibility index (Phi) is 2.71. The molecule has 2 aromatic rings. The van der Waals surface area contributed by atoms with Crippen molar-refractivity contribution in [1.82, 2.24) is 4.57 Å². The van der Waals surface area contributed by atoms with Gasteiger partial charge < -0.3 is 15.0 Å². The molecule has 0 aliphatic heterocycles. The van der Waals surface area contributed by atoms with Crippen LogP contribution in [0.25, 0.3) is 10.9 Å². The minimum absolute atomic E-state index is 0.544. The molecule has 15 heavy (non-hydrogen) atoms. The van der Waals surface area contributed by atoms with E-state index in [1.54, 1.807) is 7.11 Å². The minimum atomic E-state index is 0.544. The van der Waals surface area contributed by atoms with Crippen LogP contribution in [-0.4, -0.2) is 11.7 Å². The highest BCUT2D eigenvalue weighted by molar-refractivity contribution is 9.10. The lowest BCUT2D eigenvalue weighted by Crippen LogP contribution is -1.94. The predicted molar refractivity (Wildman–Crippen MR) is 65.1 cm³/mol. The van der Waals surface area contributed by atoms with Crippen LogP contribution in [-0.2, 0) is 13.6 Å². The molecule has 2 N–H and O–H groups in total. The number of ether oxygens (including phenoxy) is 1. The molecule has 0 atom stereocenters. The van der Waals surface area contributed by atoms with Crippen molar-refractivity contribution >= 4 is 26.8 Å². The SMILES string of the molecule is COc1cc2c(CN)cn(C)c2cc1Br. The highest BCUT2D eigenvalue weighted by Gasteiger charge is 2.09. The minimum Gasteiger partial charge on any atom is -0.496 e. The summed E-state index contributed by atoms with van der Waals surface area (Å²) in [5.41, 5.74) is 7.99. The molecule has 3 nitrogen and oxygen atoms in total. The van der Waals surface area contributed by atoms with Crippen molar-refractivity contribution < 1.29 is 4.74 Å². The second-order valence-corrected chi connectivity index (χ2v) is 4.33. The summed E-state index contributed by atoms with van der Waals surface area (Å²) in [4.78, 5) is 0. The number of rotatable bonds is 2. The Morgan fingerprint density at radius 1 is 1.47 bits per heavy atom. The van der Waals surface area contributed by atoms with Gasteiger partial charge in [0, 0.05) is 30.7 Å². The number of aromatic nitrogens is 1. The van der Waals surface area contributed by atoms with Crippen LogP contribution in [0.2, 0.25) is 0 Å². The van der Waals surface area contributed by atoms with Crippen molar-refractivity contribution in [2.45, 2.75) is 6.54 Å². The molecule has 0 radical (unpaired) electrons. The van der Waals surface area contributed by atoms with Gasteiger partial charge in [0.1, 0.15) is 5.75 Å². The fourth-order valence-corrected chi connectivity index (χ4v) is 2.28. The van der Waals surface area contributed by atoms with Crippen molar-refractivity contribution in [3.63, 3.8) is 0 Å². The fraction of sp³-hybridized carbons (Fsp3) is 0.273. The summed E-state index contributed by atoms with van der Waals surface area (Å²) in [6.07, 6.45) is 2.05. The van der Waals surface area contributed by atoms with Crippen molar-refractivity contribution in [1.29, 1.82) is 0 Å². The van der Waals surface area contributed by atoms with Crippen molar-refractivity contribution in [3.05, 3.63) is 28.4 Å². The highest BCUT2D eigenvalue weighted by Crippen LogP contribution is 2.32. The molecule has 0 saturated carbocycles. The van der Waals surface area contributed by atoms with Crippen molar-refractivity contribution in [3.8, 4) is 5.75 Å². The molecule has 0 fully saturated rings. The highest BCUT2D eigenvalue weighted by atomic mass is 79.9. The zero-order valence-corrected chi connectivity index (χ0v) is 10.3. The molecule has 1 aromatic heterocycles. The lowest BCUT2D eigenvalue weighted by atomic mass is 10.1. The number of nitrogens with zero attached hydrogens (tertiary/aromatic N) is 1. The zero-order chi connectivity index (χ0) is 11.0. The number of halogens is 1. The van der Waals surface area contributed by atoms with E-state index in [0.717, 1.165) is 26.7 Å². The second kappa shape index (κ2) is 3.87. The van der Waals surface area contributed by atoms with Crippen LogP contribution in [0.15, 0.2) is 22.8 Å². The Labute approximate surface area is 96.9 Å². The third kappa shape index (κ3) is 1.64. The topological polar surface area (TPSA) is 40.2 Å². The van der Waals surface area contributed by atoms with Gasteiger partial charge in [0.2, 0.25) is 0 Å². The molecule has 0 aliphatic rings. The number of nitrogens with two attached hydrogens (primary N) is 1. The van der Waals surface area contributed by atoms with Crippen LogP contribution in [0.3, 0.4) is 0 Å². The molecule has 1 aromatic carbocycles. The Balaban J connectivity index is 2.77. The van der Waals surface area contributed by atoms with E-state index in [1.807, 2.05) is 19.2 Å². The number of hydrogen-bond donors (Lipinski definition) is 1.